The van der Waals surface area contributed by atoms with Crippen molar-refractivity contribution in [2.45, 2.75) is 0 Å². The van der Waals surface area contributed by atoms with E-state index in [0.29, 0.717) is 16.8 Å². The van der Waals surface area contributed by atoms with Gasteiger partial charge in [0, 0.05) is 32.3 Å². The van der Waals surface area contributed by atoms with Crippen molar-refractivity contribution >= 4 is 65.2 Å². The van der Waals surface area contributed by atoms with Crippen LogP contribution >= 0.6 is 0 Å². The largest absolute Gasteiger partial charge is 0.307 e. The van der Waals surface area contributed by atoms with Gasteiger partial charge in [-0.1, -0.05) is 121 Å². The molecule has 4 heteroatoms. The number of nitriles is 2. The summed E-state index contributed by atoms with van der Waals surface area (Å²) >= 11 is 0. The minimum absolute atomic E-state index is 0.447. The van der Waals surface area contributed by atoms with Crippen molar-refractivity contribution in [2.24, 2.45) is 0 Å². The lowest BCUT2D eigenvalue weighted by molar-refractivity contribution is 1.11. The predicted octanol–water partition coefficient (Wildman–Crippen LogP) is 13.2. The molecule has 0 unspecified atom stereocenters. The van der Waals surface area contributed by atoms with Gasteiger partial charge in [0.15, 0.2) is 0 Å². The predicted molar refractivity (Wildman–Crippen MR) is 228 cm³/mol. The van der Waals surface area contributed by atoms with Crippen LogP contribution in [0, 0.1) is 22.7 Å². The molecule has 0 atom stereocenters. The fraction of sp³-hybridized carbons (Fsp3) is 0. The molecular weight excluding hydrogens is 681 g/mol. The lowest BCUT2D eigenvalue weighted by Crippen LogP contribution is -2.07. The third-order valence-electron chi connectivity index (χ3n) is 12.5. The van der Waals surface area contributed by atoms with Gasteiger partial charge in [-0.25, -0.2) is 0 Å². The number of hydrogen-bond acceptors (Lipinski definition) is 2. The summed E-state index contributed by atoms with van der Waals surface area (Å²) in [5, 5.41) is 31.5. The van der Waals surface area contributed by atoms with Crippen LogP contribution in [-0.2, 0) is 0 Å². The fourth-order valence-electron chi connectivity index (χ4n) is 10.3. The van der Waals surface area contributed by atoms with Gasteiger partial charge >= 0.3 is 0 Å². The monoisotopic (exact) mass is 706 g/mol. The Hall–Kier alpha value is -7.92. The highest BCUT2D eigenvalue weighted by Crippen LogP contribution is 2.53. The molecule has 254 valence electrons. The molecule has 0 saturated carbocycles. The molecule has 13 rings (SSSR count). The van der Waals surface area contributed by atoms with E-state index in [2.05, 4.69) is 161 Å². The summed E-state index contributed by atoms with van der Waals surface area (Å²) in [6.45, 7) is 0. The van der Waals surface area contributed by atoms with E-state index < -0.39 is 0 Å². The summed E-state index contributed by atoms with van der Waals surface area (Å²) in [6.07, 6.45) is 0. The van der Waals surface area contributed by atoms with E-state index >= 15 is 0 Å². The van der Waals surface area contributed by atoms with E-state index in [1.165, 1.54) is 55.3 Å². The summed E-state index contributed by atoms with van der Waals surface area (Å²) < 4.78 is 4.47. The van der Waals surface area contributed by atoms with Crippen LogP contribution in [0.3, 0.4) is 0 Å². The van der Waals surface area contributed by atoms with Crippen molar-refractivity contribution in [1.29, 1.82) is 10.5 Å². The zero-order valence-electron chi connectivity index (χ0n) is 29.8. The summed E-state index contributed by atoms with van der Waals surface area (Å²) in [4.78, 5) is 0. The molecule has 0 amide bonds. The minimum atomic E-state index is 0.447. The zero-order valence-corrected chi connectivity index (χ0v) is 29.8. The standard InChI is InChI=1S/C52H26N4/c53-27-29-23-24-47(55-45-21-7-5-15-34(45)42-25-40-32-13-3-1-11-30(32)36-17-9-19-38(48(36)40)51(42)55)44(28-54)50(29)56-46-22-8-6-16-35(46)43-26-41-33-14-4-2-12-31(33)37-18-10-20-39(49(37)41)52(43)56/h1-26H. The summed E-state index contributed by atoms with van der Waals surface area (Å²) in [7, 11) is 0. The maximum absolute atomic E-state index is 11.5. The molecule has 4 nitrogen and oxygen atoms in total. The van der Waals surface area contributed by atoms with E-state index in [-0.39, 0.29) is 0 Å². The van der Waals surface area contributed by atoms with Gasteiger partial charge in [-0.15, -0.1) is 0 Å². The molecule has 0 radical (unpaired) electrons. The van der Waals surface area contributed by atoms with E-state index in [0.717, 1.165) is 60.1 Å². The maximum atomic E-state index is 11.5. The van der Waals surface area contributed by atoms with Crippen LogP contribution in [0.4, 0.5) is 0 Å². The Morgan fingerprint density at radius 1 is 0.357 bits per heavy atom. The lowest BCUT2D eigenvalue weighted by Gasteiger charge is -2.18. The normalized spacial score (nSPS) is 12.2. The van der Waals surface area contributed by atoms with Crippen molar-refractivity contribution in [3.63, 3.8) is 0 Å². The number of fused-ring (bicyclic) bond motifs is 14. The number of para-hydroxylation sites is 2. The van der Waals surface area contributed by atoms with Gasteiger partial charge in [-0.3, -0.25) is 0 Å². The molecule has 0 aliphatic heterocycles. The van der Waals surface area contributed by atoms with Crippen LogP contribution in [-0.4, -0.2) is 9.13 Å². The number of benzene rings is 9. The first-order valence-corrected chi connectivity index (χ1v) is 18.9. The average Bonchev–Trinajstić information content (AvgIpc) is 3.98. The number of hydrogen-bond donors (Lipinski definition) is 0. The van der Waals surface area contributed by atoms with E-state index in [1.54, 1.807) is 0 Å². The second kappa shape index (κ2) is 10.4. The van der Waals surface area contributed by atoms with Crippen LogP contribution < -0.4 is 0 Å². The maximum Gasteiger partial charge on any atom is 0.104 e. The van der Waals surface area contributed by atoms with Gasteiger partial charge in [0.05, 0.1) is 39.0 Å². The quantitative estimate of drug-likeness (QED) is 0.180. The van der Waals surface area contributed by atoms with Crippen molar-refractivity contribution in [3.8, 4) is 68.0 Å². The molecule has 56 heavy (non-hydrogen) atoms. The van der Waals surface area contributed by atoms with Gasteiger partial charge in [-0.2, -0.15) is 10.5 Å². The second-order valence-electron chi connectivity index (χ2n) is 15.0. The molecule has 0 saturated heterocycles. The minimum Gasteiger partial charge on any atom is -0.307 e. The van der Waals surface area contributed by atoms with Gasteiger partial charge < -0.3 is 9.13 Å². The Labute approximate surface area is 320 Å². The topological polar surface area (TPSA) is 57.4 Å². The first-order chi connectivity index (χ1) is 27.7. The molecule has 11 aromatic rings. The van der Waals surface area contributed by atoms with Crippen molar-refractivity contribution in [3.05, 3.63) is 169 Å². The third-order valence-corrected chi connectivity index (χ3v) is 12.5. The Morgan fingerprint density at radius 2 is 0.804 bits per heavy atom. The lowest BCUT2D eigenvalue weighted by atomic mass is 9.98. The van der Waals surface area contributed by atoms with E-state index in [1.807, 2.05) is 18.2 Å². The van der Waals surface area contributed by atoms with Crippen LogP contribution in [0.25, 0.3) is 121 Å². The highest BCUT2D eigenvalue weighted by Gasteiger charge is 2.30. The van der Waals surface area contributed by atoms with Crippen LogP contribution in [0.5, 0.6) is 0 Å². The van der Waals surface area contributed by atoms with Crippen LogP contribution in [0.2, 0.25) is 0 Å². The molecule has 2 aromatic heterocycles. The highest BCUT2D eigenvalue weighted by atomic mass is 15.0. The molecular formula is C52H26N4. The zero-order chi connectivity index (χ0) is 36.8. The van der Waals surface area contributed by atoms with Crippen LogP contribution in [0.15, 0.2) is 158 Å². The van der Waals surface area contributed by atoms with Gasteiger partial charge in [0.25, 0.3) is 0 Å². The number of aromatic nitrogens is 2. The van der Waals surface area contributed by atoms with Crippen molar-refractivity contribution < 1.29 is 0 Å². The Bertz CT molecular complexity index is 3730. The summed E-state index contributed by atoms with van der Waals surface area (Å²) in [5.74, 6) is 0. The van der Waals surface area contributed by atoms with Crippen LogP contribution in [0.1, 0.15) is 11.1 Å². The summed E-state index contributed by atoms with van der Waals surface area (Å²) in [5.41, 5.74) is 16.1. The van der Waals surface area contributed by atoms with Crippen molar-refractivity contribution in [2.75, 3.05) is 0 Å². The molecule has 0 N–H and O–H groups in total. The van der Waals surface area contributed by atoms with Gasteiger partial charge in [0.2, 0.25) is 0 Å². The smallest absolute Gasteiger partial charge is 0.104 e. The number of rotatable bonds is 2. The Morgan fingerprint density at radius 3 is 1.34 bits per heavy atom. The Balaban J connectivity index is 1.20. The van der Waals surface area contributed by atoms with Crippen molar-refractivity contribution in [1.82, 2.24) is 9.13 Å². The third kappa shape index (κ3) is 3.44. The first kappa shape index (κ1) is 29.5. The van der Waals surface area contributed by atoms with Gasteiger partial charge in [-0.05, 0) is 91.7 Å². The molecule has 0 spiro atoms. The second-order valence-corrected chi connectivity index (χ2v) is 15.0. The molecule has 2 aliphatic carbocycles. The number of nitrogens with zero attached hydrogens (tertiary/aromatic N) is 4. The molecule has 9 aromatic carbocycles. The highest BCUT2D eigenvalue weighted by molar-refractivity contribution is 6.29. The fourth-order valence-corrected chi connectivity index (χ4v) is 10.3. The molecule has 0 bridgehead atoms. The SMILES string of the molecule is N#Cc1ccc(-n2c3ccccc3c3cc4c5c(cccc5c32)-c2ccccc2-4)c(C#N)c1-n1c2ccccc2c2cc3c4c(cccc4c21)-c1ccccc1-3. The molecule has 2 aliphatic rings. The van der Waals surface area contributed by atoms with E-state index in [9.17, 15) is 10.5 Å². The average molecular weight is 707 g/mol. The molecule has 2 heterocycles. The Kier molecular flexibility index (Phi) is 5.48. The summed E-state index contributed by atoms with van der Waals surface area (Å²) in [6, 6.07) is 61.0. The first-order valence-electron chi connectivity index (χ1n) is 18.9. The molecule has 0 fully saturated rings. The van der Waals surface area contributed by atoms with Gasteiger partial charge in [0.1, 0.15) is 17.7 Å². The van der Waals surface area contributed by atoms with E-state index in [4.69, 9.17) is 0 Å².